The minimum absolute atomic E-state index is 0.186. The van der Waals surface area contributed by atoms with Crippen molar-refractivity contribution in [1.29, 1.82) is 0 Å². The zero-order valence-corrected chi connectivity index (χ0v) is 34.1. The van der Waals surface area contributed by atoms with Crippen LogP contribution in [-0.4, -0.2) is 42.1 Å². The molecule has 0 aliphatic heterocycles. The molecule has 6 rings (SSSR count). The third kappa shape index (κ3) is 6.71. The van der Waals surface area contributed by atoms with E-state index in [1.165, 1.54) is 76.5 Å². The van der Waals surface area contributed by atoms with Crippen LogP contribution in [0.1, 0.15) is 137 Å². The van der Waals surface area contributed by atoms with Crippen LogP contribution in [0.5, 0.6) is 0 Å². The van der Waals surface area contributed by atoms with Gasteiger partial charge in [-0.25, -0.2) is 0 Å². The molecule has 270 valence electrons. The van der Waals surface area contributed by atoms with E-state index in [2.05, 4.69) is 91.1 Å². The number of amidine groups is 1. The van der Waals surface area contributed by atoms with E-state index in [4.69, 9.17) is 11.6 Å². The molecule has 4 saturated carbocycles. The largest absolute Gasteiger partial charge is 0.330 e. The summed E-state index contributed by atoms with van der Waals surface area (Å²) in [7, 11) is 2.96. The fraction of sp³-hybridized carbons (Fsp3) is 0.733. The Bertz CT molecular complexity index is 1470. The molecule has 1 heterocycles. The molecule has 0 N–H and O–H groups in total. The number of fused-ring (bicyclic) bond motifs is 5. The molecule has 4 heteroatoms. The highest BCUT2D eigenvalue weighted by molar-refractivity contribution is 7.37. The molecule has 5 aliphatic rings. The Hall–Kier alpha value is -1.73. The third-order valence-corrected chi connectivity index (χ3v) is 15.6. The zero-order valence-electron chi connectivity index (χ0n) is 33.1. The average molecular weight is 684 g/mol. The van der Waals surface area contributed by atoms with Crippen LogP contribution in [0.15, 0.2) is 52.2 Å². The van der Waals surface area contributed by atoms with Gasteiger partial charge < -0.3 is 4.90 Å². The van der Waals surface area contributed by atoms with Crippen LogP contribution in [0.4, 0.5) is 0 Å². The Labute approximate surface area is 303 Å². The van der Waals surface area contributed by atoms with Crippen LogP contribution in [0.3, 0.4) is 0 Å². The first-order chi connectivity index (χ1) is 23.3. The first kappa shape index (κ1) is 37.0. The van der Waals surface area contributed by atoms with Crippen LogP contribution in [0, 0.1) is 58.7 Å². The zero-order chi connectivity index (χ0) is 35.3. The summed E-state index contributed by atoms with van der Waals surface area (Å²) >= 11 is 0. The second-order valence-corrected chi connectivity index (χ2v) is 19.7. The van der Waals surface area contributed by atoms with Crippen molar-refractivity contribution in [2.45, 2.75) is 132 Å². The molecule has 49 heavy (non-hydrogen) atoms. The minimum Gasteiger partial charge on any atom is -0.330 e. The van der Waals surface area contributed by atoms with Gasteiger partial charge in [0.2, 0.25) is 0 Å². The highest BCUT2D eigenvalue weighted by Gasteiger charge is 2.62. The summed E-state index contributed by atoms with van der Waals surface area (Å²) < 4.78 is 0. The van der Waals surface area contributed by atoms with E-state index in [0.29, 0.717) is 16.7 Å². The van der Waals surface area contributed by atoms with Gasteiger partial charge in [-0.2, -0.15) is 0 Å². The van der Waals surface area contributed by atoms with Gasteiger partial charge in [0, 0.05) is 48.6 Å². The lowest BCUT2D eigenvalue weighted by Crippen LogP contribution is -2.57. The Morgan fingerprint density at radius 1 is 1.08 bits per heavy atom. The minimum atomic E-state index is 0.186. The molecule has 0 spiro atoms. The molecule has 1 aromatic rings. The molecular formula is C45H70N3P. The molecule has 5 aliphatic carbocycles. The van der Waals surface area contributed by atoms with E-state index in [1.54, 1.807) is 16.7 Å². The smallest absolute Gasteiger partial charge is 0.104 e. The van der Waals surface area contributed by atoms with E-state index in [9.17, 15) is 0 Å². The molecule has 0 amide bonds. The van der Waals surface area contributed by atoms with E-state index in [0.717, 1.165) is 74.3 Å². The number of aryl methyl sites for hydroxylation is 1. The average Bonchev–Trinajstić information content (AvgIpc) is 3.86. The lowest BCUT2D eigenvalue weighted by Gasteiger charge is -2.65. The topological polar surface area (TPSA) is 28.5 Å². The number of rotatable bonds is 11. The molecular weight excluding hydrogens is 613 g/mol. The van der Waals surface area contributed by atoms with Crippen LogP contribution >= 0.6 is 8.58 Å². The Balaban J connectivity index is 1.39. The van der Waals surface area contributed by atoms with Crippen molar-refractivity contribution in [2.75, 3.05) is 26.4 Å². The maximum Gasteiger partial charge on any atom is 0.104 e. The standard InChI is InChI=1S/C45H70N3P/c1-29(2)18-21-43(8)31(5)19-22-44(9)38-20-23-45(26-37(34-14-15-34)41(30(3)4)42(45)36(38)16-17-39(43)44)27-40(46-10)48(24-25-49-11)33(7)35-13-12-32(6)47-28-35/h12-13,28-31,36,38-39,49H,7,14-27H2,1-6,8-11H3. The first-order valence-corrected chi connectivity index (χ1v) is 22.0. The fourth-order valence-corrected chi connectivity index (χ4v) is 12.4. The second-order valence-electron chi connectivity index (χ2n) is 18.5. The SMILES string of the molecule is C=C(c1ccc(C)nc1)N(CCPC)C(CC12CCC3C(CCC4C(C)(CCC(C)C)C(C)CCC34C)C1=C(C(C)C)C(=C1CC1)C2)=NC. The van der Waals surface area contributed by atoms with Crippen LogP contribution in [-0.2, 0) is 0 Å². The van der Waals surface area contributed by atoms with Gasteiger partial charge in [-0.15, -0.1) is 8.58 Å². The first-order valence-electron chi connectivity index (χ1n) is 20.2. The summed E-state index contributed by atoms with van der Waals surface area (Å²) in [6.07, 6.45) is 19.3. The van der Waals surface area contributed by atoms with Gasteiger partial charge >= 0.3 is 0 Å². The maximum absolute atomic E-state index is 5.18. The number of aliphatic imine (C=N–C) groups is 1. The highest BCUT2D eigenvalue weighted by Crippen LogP contribution is 2.72. The van der Waals surface area contributed by atoms with Gasteiger partial charge in [0.15, 0.2) is 0 Å². The monoisotopic (exact) mass is 684 g/mol. The quantitative estimate of drug-likeness (QED) is 0.132. The summed E-state index contributed by atoms with van der Waals surface area (Å²) in [5, 5.41) is 0. The van der Waals surface area contributed by atoms with Crippen LogP contribution in [0.25, 0.3) is 5.70 Å². The molecule has 3 nitrogen and oxygen atoms in total. The number of pyridine rings is 1. The van der Waals surface area contributed by atoms with Gasteiger partial charge in [0.05, 0.1) is 0 Å². The predicted molar refractivity (Wildman–Crippen MR) is 215 cm³/mol. The van der Waals surface area contributed by atoms with Gasteiger partial charge in [-0.1, -0.05) is 72.6 Å². The van der Waals surface area contributed by atoms with Gasteiger partial charge in [0.25, 0.3) is 0 Å². The van der Waals surface area contributed by atoms with Crippen molar-refractivity contribution in [1.82, 2.24) is 9.88 Å². The number of nitrogens with zero attached hydrogens (tertiary/aromatic N) is 3. The number of aromatic nitrogens is 1. The number of allylic oxidation sites excluding steroid dienone is 4. The third-order valence-electron chi connectivity index (χ3n) is 14.9. The Morgan fingerprint density at radius 2 is 1.84 bits per heavy atom. The van der Waals surface area contributed by atoms with Crippen molar-refractivity contribution < 1.29 is 0 Å². The summed E-state index contributed by atoms with van der Waals surface area (Å²) in [4.78, 5) is 12.3. The van der Waals surface area contributed by atoms with Crippen molar-refractivity contribution in [3.05, 3.63) is 58.5 Å². The van der Waals surface area contributed by atoms with Crippen molar-refractivity contribution in [3.63, 3.8) is 0 Å². The summed E-state index contributed by atoms with van der Waals surface area (Å²) in [6.45, 7) is 28.1. The van der Waals surface area contributed by atoms with Gasteiger partial charge in [-0.3, -0.25) is 9.98 Å². The van der Waals surface area contributed by atoms with Crippen LogP contribution < -0.4 is 0 Å². The van der Waals surface area contributed by atoms with Crippen LogP contribution in [0.2, 0.25) is 0 Å². The van der Waals surface area contributed by atoms with Crippen molar-refractivity contribution in [3.8, 4) is 0 Å². The molecule has 0 bridgehead atoms. The van der Waals surface area contributed by atoms with Crippen molar-refractivity contribution >= 4 is 20.1 Å². The Kier molecular flexibility index (Phi) is 10.9. The highest BCUT2D eigenvalue weighted by atomic mass is 31.1. The number of hydrogen-bond acceptors (Lipinski definition) is 2. The predicted octanol–water partition coefficient (Wildman–Crippen LogP) is 12.1. The van der Waals surface area contributed by atoms with E-state index < -0.39 is 0 Å². The Morgan fingerprint density at radius 3 is 2.45 bits per heavy atom. The molecule has 8 atom stereocenters. The summed E-state index contributed by atoms with van der Waals surface area (Å²) in [5.74, 6) is 5.84. The maximum atomic E-state index is 5.18. The molecule has 0 saturated heterocycles. The molecule has 8 unspecified atom stereocenters. The summed E-state index contributed by atoms with van der Waals surface area (Å²) in [6, 6.07) is 4.33. The van der Waals surface area contributed by atoms with E-state index in [-0.39, 0.29) is 5.41 Å². The molecule has 1 aromatic heterocycles. The van der Waals surface area contributed by atoms with E-state index in [1.807, 2.05) is 11.8 Å². The van der Waals surface area contributed by atoms with Gasteiger partial charge in [-0.05, 0) is 154 Å². The normalized spacial score (nSPS) is 34.6. The lowest BCUT2D eigenvalue weighted by molar-refractivity contribution is -0.138. The molecule has 4 fully saturated rings. The van der Waals surface area contributed by atoms with Gasteiger partial charge in [0.1, 0.15) is 5.84 Å². The molecule has 0 radical (unpaired) electrons. The lowest BCUT2D eigenvalue weighted by atomic mass is 9.40. The summed E-state index contributed by atoms with van der Waals surface area (Å²) in [5.41, 5.74) is 11.6. The fourth-order valence-electron chi connectivity index (χ4n) is 12.0. The van der Waals surface area contributed by atoms with Crippen molar-refractivity contribution in [2.24, 2.45) is 56.7 Å². The second kappa shape index (κ2) is 14.4. The van der Waals surface area contributed by atoms with E-state index >= 15 is 0 Å². The number of hydrogen-bond donors (Lipinski definition) is 0. The molecule has 0 aromatic carbocycles.